The quantitative estimate of drug-likeness (QED) is 0.588. The number of benzene rings is 1. The molecule has 1 aromatic heterocycles. The number of hydrogen-bond donors (Lipinski definition) is 2. The highest BCUT2D eigenvalue weighted by atomic mass is 35.5. The summed E-state index contributed by atoms with van der Waals surface area (Å²) in [5.41, 5.74) is 7.36. The molecule has 0 spiro atoms. The molecule has 0 saturated heterocycles. The van der Waals surface area contributed by atoms with E-state index in [0.29, 0.717) is 28.5 Å². The molecule has 2 heterocycles. The number of nitrogens with two attached hydrogens (primary N) is 1. The topological polar surface area (TPSA) is 99.1 Å². The van der Waals surface area contributed by atoms with Crippen LogP contribution in [0.15, 0.2) is 24.3 Å². The predicted octanol–water partition coefficient (Wildman–Crippen LogP) is 0.890. The number of aromatic nitrogens is 4. The second-order valence-corrected chi connectivity index (χ2v) is 3.60. The van der Waals surface area contributed by atoms with Gasteiger partial charge < -0.3 is 15.7 Å². The van der Waals surface area contributed by atoms with Crippen molar-refractivity contribution in [3.05, 3.63) is 35.7 Å². The van der Waals surface area contributed by atoms with Crippen LogP contribution in [0.25, 0.3) is 5.76 Å². The van der Waals surface area contributed by atoms with Crippen LogP contribution in [0.2, 0.25) is 0 Å². The molecule has 0 amide bonds. The van der Waals surface area contributed by atoms with Crippen LogP contribution < -0.4 is 10.5 Å². The van der Waals surface area contributed by atoms with Gasteiger partial charge in [0.2, 0.25) is 0 Å². The fourth-order valence-corrected chi connectivity index (χ4v) is 1.71. The Morgan fingerprint density at radius 1 is 1.39 bits per heavy atom. The molecule has 0 atom stereocenters. The highest BCUT2D eigenvalue weighted by molar-refractivity contribution is 5.85. The standard InChI is InChI=1S/C10H9N5O2.ClH/c11-7-3-1-2-6-4-5-8(17-9(6)7)10-12-13-14-15(10)16;/h1-3,5,16H,4,11H2;1H. The molecule has 18 heavy (non-hydrogen) atoms. The number of fused-ring (bicyclic) bond motifs is 1. The van der Waals surface area contributed by atoms with E-state index in [2.05, 4.69) is 15.5 Å². The number of allylic oxidation sites excluding steroid dienone is 1. The minimum absolute atomic E-state index is 0. The molecule has 1 aliphatic rings. The van der Waals surface area contributed by atoms with Gasteiger partial charge in [0.1, 0.15) is 0 Å². The summed E-state index contributed by atoms with van der Waals surface area (Å²) in [6.07, 6.45) is 2.45. The molecule has 1 aliphatic heterocycles. The van der Waals surface area contributed by atoms with Gasteiger partial charge in [0, 0.05) is 5.56 Å². The largest absolute Gasteiger partial charge is 0.451 e. The van der Waals surface area contributed by atoms with Crippen LogP contribution in [0.5, 0.6) is 5.75 Å². The van der Waals surface area contributed by atoms with Crippen LogP contribution in [0.4, 0.5) is 5.69 Å². The second kappa shape index (κ2) is 4.53. The SMILES string of the molecule is Cl.Nc1cccc2c1OC(c1nnnn1O)=CC2. The van der Waals surface area contributed by atoms with Gasteiger partial charge >= 0.3 is 0 Å². The van der Waals surface area contributed by atoms with Crippen LogP contribution in [0, 0.1) is 0 Å². The molecule has 0 saturated carbocycles. The fourth-order valence-electron chi connectivity index (χ4n) is 1.71. The number of ether oxygens (including phenoxy) is 1. The highest BCUT2D eigenvalue weighted by Gasteiger charge is 2.20. The summed E-state index contributed by atoms with van der Waals surface area (Å²) in [7, 11) is 0. The Kier molecular flexibility index (Phi) is 3.07. The van der Waals surface area contributed by atoms with Gasteiger partial charge in [0.05, 0.1) is 5.69 Å². The summed E-state index contributed by atoms with van der Waals surface area (Å²) < 4.78 is 5.60. The Bertz CT molecular complexity index is 610. The van der Waals surface area contributed by atoms with Crippen molar-refractivity contribution in [1.29, 1.82) is 0 Å². The van der Waals surface area contributed by atoms with E-state index in [4.69, 9.17) is 10.5 Å². The van der Waals surface area contributed by atoms with Gasteiger partial charge in [-0.1, -0.05) is 17.0 Å². The van der Waals surface area contributed by atoms with Gasteiger partial charge in [-0.15, -0.1) is 17.5 Å². The number of halogens is 1. The van der Waals surface area contributed by atoms with Crippen LogP contribution in [-0.4, -0.2) is 25.6 Å². The van der Waals surface area contributed by atoms with Crippen molar-refractivity contribution < 1.29 is 9.94 Å². The Labute approximate surface area is 108 Å². The van der Waals surface area contributed by atoms with Crippen molar-refractivity contribution in [2.45, 2.75) is 6.42 Å². The summed E-state index contributed by atoms with van der Waals surface area (Å²) in [5, 5.41) is 19.7. The lowest BCUT2D eigenvalue weighted by Gasteiger charge is -2.18. The third-order valence-corrected chi connectivity index (χ3v) is 2.52. The first kappa shape index (κ1) is 12.2. The fraction of sp³-hybridized carbons (Fsp3) is 0.100. The summed E-state index contributed by atoms with van der Waals surface area (Å²) in [5.74, 6) is 1.13. The zero-order chi connectivity index (χ0) is 11.8. The maximum absolute atomic E-state index is 9.35. The van der Waals surface area contributed by atoms with Crippen molar-refractivity contribution in [3.63, 3.8) is 0 Å². The van der Waals surface area contributed by atoms with Crippen molar-refractivity contribution in [3.8, 4) is 5.75 Å². The number of nitrogen functional groups attached to an aromatic ring is 1. The van der Waals surface area contributed by atoms with Crippen molar-refractivity contribution in [2.24, 2.45) is 0 Å². The molecule has 7 nitrogen and oxygen atoms in total. The van der Waals surface area contributed by atoms with E-state index in [1.165, 1.54) is 0 Å². The molecule has 3 rings (SSSR count). The van der Waals surface area contributed by atoms with Crippen LogP contribution in [0.3, 0.4) is 0 Å². The Morgan fingerprint density at radius 3 is 2.94 bits per heavy atom. The monoisotopic (exact) mass is 267 g/mol. The molecular formula is C10H10ClN5O2. The van der Waals surface area contributed by atoms with Gasteiger partial charge in [-0.25, -0.2) is 0 Å². The van der Waals surface area contributed by atoms with E-state index in [-0.39, 0.29) is 18.2 Å². The highest BCUT2D eigenvalue weighted by Crippen LogP contribution is 2.34. The zero-order valence-electron chi connectivity index (χ0n) is 9.15. The number of anilines is 1. The lowest BCUT2D eigenvalue weighted by Crippen LogP contribution is -2.10. The molecule has 0 fully saturated rings. The average molecular weight is 268 g/mol. The van der Waals surface area contributed by atoms with Crippen LogP contribution in [-0.2, 0) is 6.42 Å². The molecular weight excluding hydrogens is 258 g/mol. The second-order valence-electron chi connectivity index (χ2n) is 3.60. The van der Waals surface area contributed by atoms with Gasteiger partial charge in [0.15, 0.2) is 11.5 Å². The molecule has 94 valence electrons. The number of nitrogens with zero attached hydrogens (tertiary/aromatic N) is 4. The minimum Gasteiger partial charge on any atom is -0.451 e. The summed E-state index contributed by atoms with van der Waals surface area (Å²) in [6, 6.07) is 5.55. The van der Waals surface area contributed by atoms with E-state index < -0.39 is 0 Å². The smallest absolute Gasteiger partial charge is 0.257 e. The first-order valence-electron chi connectivity index (χ1n) is 4.99. The predicted molar refractivity (Wildman–Crippen MR) is 65.4 cm³/mol. The number of rotatable bonds is 1. The minimum atomic E-state index is 0. The van der Waals surface area contributed by atoms with Gasteiger partial charge in [-0.2, -0.15) is 0 Å². The normalized spacial score (nSPS) is 13.0. The molecule has 0 bridgehead atoms. The average Bonchev–Trinajstić information content (AvgIpc) is 2.76. The molecule has 1 aromatic carbocycles. The van der Waals surface area contributed by atoms with E-state index in [1.54, 1.807) is 12.1 Å². The summed E-state index contributed by atoms with van der Waals surface area (Å²) in [6.45, 7) is 0. The molecule has 0 aliphatic carbocycles. The maximum Gasteiger partial charge on any atom is 0.257 e. The number of tetrazole rings is 1. The zero-order valence-corrected chi connectivity index (χ0v) is 9.96. The van der Waals surface area contributed by atoms with Crippen molar-refractivity contribution >= 4 is 23.9 Å². The number of hydrogen-bond acceptors (Lipinski definition) is 6. The number of para-hydroxylation sites is 1. The molecule has 3 N–H and O–H groups in total. The molecule has 0 unspecified atom stereocenters. The maximum atomic E-state index is 9.35. The molecule has 8 heteroatoms. The van der Waals surface area contributed by atoms with Gasteiger partial charge in [-0.05, 0) is 29.0 Å². The van der Waals surface area contributed by atoms with Crippen LogP contribution in [0.1, 0.15) is 11.4 Å². The van der Waals surface area contributed by atoms with Gasteiger partial charge in [-0.3, -0.25) is 0 Å². The van der Waals surface area contributed by atoms with E-state index >= 15 is 0 Å². The first-order valence-corrected chi connectivity index (χ1v) is 4.99. The molecule has 0 radical (unpaired) electrons. The Hall–Kier alpha value is -2.28. The van der Waals surface area contributed by atoms with E-state index in [1.807, 2.05) is 12.1 Å². The lowest BCUT2D eigenvalue weighted by molar-refractivity contribution is 0.138. The first-order chi connectivity index (χ1) is 8.25. The molecule has 2 aromatic rings. The summed E-state index contributed by atoms with van der Waals surface area (Å²) in [4.78, 5) is 0.565. The van der Waals surface area contributed by atoms with Crippen molar-refractivity contribution in [2.75, 3.05) is 5.73 Å². The lowest BCUT2D eigenvalue weighted by atomic mass is 10.1. The van der Waals surface area contributed by atoms with Crippen molar-refractivity contribution in [1.82, 2.24) is 20.4 Å². The van der Waals surface area contributed by atoms with E-state index in [0.717, 1.165) is 5.56 Å². The van der Waals surface area contributed by atoms with Crippen LogP contribution >= 0.6 is 12.4 Å². The Balaban J connectivity index is 0.00000120. The third kappa shape index (κ3) is 1.84. The third-order valence-electron chi connectivity index (χ3n) is 2.52. The van der Waals surface area contributed by atoms with E-state index in [9.17, 15) is 5.21 Å². The van der Waals surface area contributed by atoms with Gasteiger partial charge in [0.25, 0.3) is 5.82 Å². The summed E-state index contributed by atoms with van der Waals surface area (Å²) >= 11 is 0. The Morgan fingerprint density at radius 2 is 2.22 bits per heavy atom.